The summed E-state index contributed by atoms with van der Waals surface area (Å²) in [7, 11) is 0. The minimum Gasteiger partial charge on any atom is -0.348 e. The van der Waals surface area contributed by atoms with Crippen LogP contribution in [0.4, 0.5) is 0 Å². The number of thiol groups is 1. The molecule has 36 heavy (non-hydrogen) atoms. The number of aromatic amines is 1. The third-order valence-corrected chi connectivity index (χ3v) is 8.20. The van der Waals surface area contributed by atoms with Crippen LogP contribution in [0.3, 0.4) is 0 Å². The summed E-state index contributed by atoms with van der Waals surface area (Å²) in [4.78, 5) is 35.2. The van der Waals surface area contributed by atoms with Gasteiger partial charge in [0.15, 0.2) is 0 Å². The van der Waals surface area contributed by atoms with E-state index in [9.17, 15) is 9.59 Å². The van der Waals surface area contributed by atoms with Gasteiger partial charge in [-0.25, -0.2) is 4.98 Å². The maximum absolute atomic E-state index is 13.8. The fraction of sp³-hybridized carbons (Fsp3) is 0.414. The van der Waals surface area contributed by atoms with Gasteiger partial charge in [-0.15, -0.1) is 12.6 Å². The Morgan fingerprint density at radius 2 is 1.75 bits per heavy atom. The number of rotatable bonds is 8. The first kappa shape index (κ1) is 24.8. The molecule has 0 radical (unpaired) electrons. The Hall–Kier alpha value is -2.90. The Morgan fingerprint density at radius 1 is 1.03 bits per heavy atom. The number of aromatic nitrogens is 2. The summed E-state index contributed by atoms with van der Waals surface area (Å²) in [5.41, 5.74) is 3.84. The molecular formula is C29H34N4O2S. The van der Waals surface area contributed by atoms with E-state index in [1.165, 1.54) is 25.7 Å². The van der Waals surface area contributed by atoms with E-state index in [1.807, 2.05) is 42.5 Å². The number of imidazole rings is 1. The number of H-pyrrole nitrogens is 1. The minimum atomic E-state index is -0.431. The molecule has 2 heterocycles. The second-order valence-electron chi connectivity index (χ2n) is 10.2. The molecule has 0 bridgehead atoms. The first-order valence-corrected chi connectivity index (χ1v) is 13.4. The number of fused-ring (bicyclic) bond motifs is 1. The summed E-state index contributed by atoms with van der Waals surface area (Å²) in [5, 5.41) is 3.22. The van der Waals surface area contributed by atoms with E-state index in [0.717, 1.165) is 29.8 Å². The van der Waals surface area contributed by atoms with Crippen molar-refractivity contribution in [1.82, 2.24) is 20.2 Å². The normalized spacial score (nSPS) is 22.6. The van der Waals surface area contributed by atoms with Crippen molar-refractivity contribution in [2.24, 2.45) is 11.8 Å². The van der Waals surface area contributed by atoms with Gasteiger partial charge in [-0.2, -0.15) is 0 Å². The van der Waals surface area contributed by atoms with Crippen molar-refractivity contribution in [3.8, 4) is 11.1 Å². The Kier molecular flexibility index (Phi) is 7.87. The quantitative estimate of drug-likeness (QED) is 0.388. The highest BCUT2D eigenvalue weighted by Crippen LogP contribution is 2.39. The largest absolute Gasteiger partial charge is 0.348 e. The van der Waals surface area contributed by atoms with Crippen LogP contribution in [0.5, 0.6) is 0 Å². The molecule has 0 spiro atoms. The van der Waals surface area contributed by atoms with Gasteiger partial charge >= 0.3 is 0 Å². The van der Waals surface area contributed by atoms with Gasteiger partial charge in [0.25, 0.3) is 5.91 Å². The zero-order valence-corrected chi connectivity index (χ0v) is 21.4. The van der Waals surface area contributed by atoms with Crippen LogP contribution in [0, 0.1) is 11.8 Å². The van der Waals surface area contributed by atoms with Gasteiger partial charge in [0, 0.05) is 43.0 Å². The van der Waals surface area contributed by atoms with Crippen LogP contribution >= 0.6 is 12.6 Å². The molecule has 1 amide bonds. The molecule has 6 nitrogen and oxygen atoms in total. The standard InChI is InChI=1S/C29H34N4O2S/c34-28(22-12-10-21(11-13-22)20-6-2-1-3-7-20)33-18-24-9-5-4-8-23(24)14-26(33)17-31-27(29(35)36)15-25-16-30-19-32-25/h1-3,6-7,10-13,16,19,23-24,26-27,31H,4-5,8-9,14-15,17-18H2,(H,30,32)(H,35,36)/t23-,24-,26+,27+/m1/s1. The molecular weight excluding hydrogens is 468 g/mol. The van der Waals surface area contributed by atoms with E-state index in [4.69, 9.17) is 0 Å². The van der Waals surface area contributed by atoms with Crippen molar-refractivity contribution in [2.75, 3.05) is 13.1 Å². The molecule has 4 atom stereocenters. The molecule has 1 saturated carbocycles. The second kappa shape index (κ2) is 11.4. The molecule has 0 unspecified atom stereocenters. The lowest BCUT2D eigenvalue weighted by Gasteiger charge is -2.46. The number of benzene rings is 2. The number of likely N-dealkylation sites (tertiary alicyclic amines) is 1. The third-order valence-electron chi connectivity index (χ3n) is 7.89. The predicted molar refractivity (Wildman–Crippen MR) is 145 cm³/mol. The molecule has 5 rings (SSSR count). The van der Waals surface area contributed by atoms with Crippen LogP contribution in [0.25, 0.3) is 11.1 Å². The minimum absolute atomic E-state index is 0.0441. The van der Waals surface area contributed by atoms with Crippen molar-refractivity contribution < 1.29 is 9.59 Å². The first-order valence-electron chi connectivity index (χ1n) is 13.0. The molecule has 1 aliphatic carbocycles. The maximum Gasteiger partial charge on any atom is 0.254 e. The van der Waals surface area contributed by atoms with Crippen LogP contribution in [0.15, 0.2) is 67.1 Å². The van der Waals surface area contributed by atoms with E-state index in [1.54, 1.807) is 12.5 Å². The van der Waals surface area contributed by atoms with Crippen molar-refractivity contribution in [3.63, 3.8) is 0 Å². The highest BCUT2D eigenvalue weighted by molar-refractivity contribution is 7.96. The average Bonchev–Trinajstić information content (AvgIpc) is 3.44. The fourth-order valence-corrected chi connectivity index (χ4v) is 6.08. The van der Waals surface area contributed by atoms with Crippen LogP contribution in [-0.4, -0.2) is 51.1 Å². The topological polar surface area (TPSA) is 78.1 Å². The highest BCUT2D eigenvalue weighted by atomic mass is 32.1. The molecule has 188 valence electrons. The molecule has 1 aliphatic heterocycles. The third kappa shape index (κ3) is 5.73. The second-order valence-corrected chi connectivity index (χ2v) is 10.6. The van der Waals surface area contributed by atoms with Gasteiger partial charge in [0.2, 0.25) is 5.12 Å². The van der Waals surface area contributed by atoms with E-state index < -0.39 is 6.04 Å². The molecule has 2 aromatic carbocycles. The Labute approximate surface area is 218 Å². The molecule has 7 heteroatoms. The summed E-state index contributed by atoms with van der Waals surface area (Å²) >= 11 is 4.12. The van der Waals surface area contributed by atoms with Gasteiger partial charge in [0.05, 0.1) is 12.4 Å². The maximum atomic E-state index is 13.8. The monoisotopic (exact) mass is 502 g/mol. The van der Waals surface area contributed by atoms with E-state index in [-0.39, 0.29) is 17.1 Å². The van der Waals surface area contributed by atoms with Gasteiger partial charge in [-0.05, 0) is 47.9 Å². The molecule has 3 aromatic rings. The number of nitrogens with zero attached hydrogens (tertiary/aromatic N) is 2. The van der Waals surface area contributed by atoms with Gasteiger partial charge < -0.3 is 15.2 Å². The highest BCUT2D eigenvalue weighted by Gasteiger charge is 2.39. The van der Waals surface area contributed by atoms with Gasteiger partial charge in [-0.1, -0.05) is 61.7 Å². The summed E-state index contributed by atoms with van der Waals surface area (Å²) in [5.74, 6) is 1.29. The fourth-order valence-electron chi connectivity index (χ4n) is 5.90. The van der Waals surface area contributed by atoms with Crippen molar-refractivity contribution in [3.05, 3.63) is 78.4 Å². The lowest BCUT2D eigenvalue weighted by atomic mass is 9.72. The number of piperidine rings is 1. The van der Waals surface area contributed by atoms with Crippen LogP contribution in [-0.2, 0) is 11.2 Å². The van der Waals surface area contributed by atoms with Crippen LogP contribution in [0.1, 0.15) is 48.2 Å². The first-order chi connectivity index (χ1) is 17.6. The molecule has 2 aliphatic rings. The number of hydrogen-bond donors (Lipinski definition) is 3. The molecule has 1 saturated heterocycles. The number of hydrogen-bond acceptors (Lipinski definition) is 4. The Morgan fingerprint density at radius 3 is 2.44 bits per heavy atom. The molecule has 1 aromatic heterocycles. The summed E-state index contributed by atoms with van der Waals surface area (Å²) < 4.78 is 0. The lowest BCUT2D eigenvalue weighted by molar-refractivity contribution is -0.112. The lowest BCUT2D eigenvalue weighted by Crippen LogP contribution is -2.55. The van der Waals surface area contributed by atoms with Crippen molar-refractivity contribution in [2.45, 2.75) is 50.6 Å². The van der Waals surface area contributed by atoms with Crippen molar-refractivity contribution >= 4 is 23.7 Å². The number of nitrogens with one attached hydrogen (secondary N) is 2. The number of carbonyl (C=O) groups excluding carboxylic acids is 2. The van der Waals surface area contributed by atoms with Crippen LogP contribution in [0.2, 0.25) is 0 Å². The summed E-state index contributed by atoms with van der Waals surface area (Å²) in [6.07, 6.45) is 9.76. The zero-order valence-electron chi connectivity index (χ0n) is 20.5. The summed E-state index contributed by atoms with van der Waals surface area (Å²) in [6.45, 7) is 1.36. The average molecular weight is 503 g/mol. The van der Waals surface area contributed by atoms with E-state index in [2.05, 4.69) is 44.9 Å². The summed E-state index contributed by atoms with van der Waals surface area (Å²) in [6, 6.07) is 17.8. The van der Waals surface area contributed by atoms with Gasteiger partial charge in [0.1, 0.15) is 0 Å². The van der Waals surface area contributed by atoms with Crippen molar-refractivity contribution in [1.29, 1.82) is 0 Å². The Balaban J connectivity index is 1.32. The van der Waals surface area contributed by atoms with E-state index in [0.29, 0.717) is 30.4 Å². The molecule has 2 fully saturated rings. The van der Waals surface area contributed by atoms with Crippen LogP contribution < -0.4 is 5.32 Å². The molecule has 2 N–H and O–H groups in total. The Bertz CT molecular complexity index is 1150. The SMILES string of the molecule is O=C(S)[C@H](Cc1cnc[nH]1)NC[C@@H]1C[C@H]2CCCC[C@@H]2CN1C(=O)c1ccc(-c2ccccc2)cc1. The number of carbonyl (C=O) groups is 2. The smallest absolute Gasteiger partial charge is 0.254 e. The predicted octanol–water partition coefficient (Wildman–Crippen LogP) is 4.75. The zero-order chi connectivity index (χ0) is 24.9. The number of amides is 1. The van der Waals surface area contributed by atoms with Gasteiger partial charge in [-0.3, -0.25) is 9.59 Å². The van der Waals surface area contributed by atoms with E-state index >= 15 is 0 Å².